The van der Waals surface area contributed by atoms with E-state index in [1.807, 2.05) is 0 Å². The van der Waals surface area contributed by atoms with Crippen LogP contribution in [0.1, 0.15) is 34.1 Å². The van der Waals surface area contributed by atoms with Crippen molar-refractivity contribution in [2.24, 2.45) is 35.5 Å². The maximum absolute atomic E-state index is 13.6. The van der Waals surface area contributed by atoms with E-state index in [4.69, 9.17) is 32.9 Å². The van der Waals surface area contributed by atoms with E-state index in [0.29, 0.717) is 55.3 Å². The third-order valence-electron chi connectivity index (χ3n) is 9.84. The first-order chi connectivity index (χ1) is 21.7. The van der Waals surface area contributed by atoms with Crippen LogP contribution < -0.4 is 4.90 Å². The van der Waals surface area contributed by atoms with Gasteiger partial charge in [0, 0.05) is 26.6 Å². The first-order valence-corrected chi connectivity index (χ1v) is 15.7. The number of aromatic nitrogens is 1. The number of nitrogens with zero attached hydrogens (tertiary/aromatic N) is 2. The summed E-state index contributed by atoms with van der Waals surface area (Å²) in [5, 5.41) is 1.30. The molecule has 1 aliphatic heterocycles. The van der Waals surface area contributed by atoms with Gasteiger partial charge in [0.05, 0.1) is 34.3 Å². The second-order valence-electron chi connectivity index (χ2n) is 12.4. The Morgan fingerprint density at radius 1 is 0.867 bits per heavy atom. The Balaban J connectivity index is 1.09. The van der Waals surface area contributed by atoms with Crippen LogP contribution in [0.25, 0.3) is 22.2 Å². The molecule has 0 N–H and O–H groups in total. The molecule has 4 aromatic rings. The highest BCUT2D eigenvalue weighted by atomic mass is 35.5. The SMILES string of the molecule is CC(OC(=O)c1cc(-c2ccc(N3C(=O)C4C5C=CC(C6CC56)C4C3=O)cc2)nc2ccc(Cl)cc12)C(=O)c1cccc(Cl)c1. The molecule has 7 unspecified atom stereocenters. The summed E-state index contributed by atoms with van der Waals surface area (Å²) in [5.41, 5.74) is 2.72. The van der Waals surface area contributed by atoms with Gasteiger partial charge in [-0.15, -0.1) is 0 Å². The molecule has 4 aliphatic carbocycles. The lowest BCUT2D eigenvalue weighted by molar-refractivity contribution is -0.124. The summed E-state index contributed by atoms with van der Waals surface area (Å²) in [6, 6.07) is 20.1. The molecule has 2 saturated carbocycles. The van der Waals surface area contributed by atoms with Crippen LogP contribution in [0.4, 0.5) is 5.69 Å². The van der Waals surface area contributed by atoms with Crippen molar-refractivity contribution in [3.8, 4) is 11.3 Å². The number of fused-ring (bicyclic) bond motifs is 1. The lowest BCUT2D eigenvalue weighted by Gasteiger charge is -2.37. The minimum atomic E-state index is -1.07. The highest BCUT2D eigenvalue weighted by Crippen LogP contribution is 2.65. The number of imide groups is 1. The number of carbonyl (C=O) groups excluding carboxylic acids is 4. The van der Waals surface area contributed by atoms with Crippen molar-refractivity contribution in [3.05, 3.63) is 106 Å². The normalized spacial score (nSPS) is 26.5. The smallest absolute Gasteiger partial charge is 0.339 e. The van der Waals surface area contributed by atoms with E-state index in [1.54, 1.807) is 66.7 Å². The number of halogens is 2. The van der Waals surface area contributed by atoms with Crippen molar-refractivity contribution in [1.82, 2.24) is 4.98 Å². The summed E-state index contributed by atoms with van der Waals surface area (Å²) in [7, 11) is 0. The van der Waals surface area contributed by atoms with Crippen molar-refractivity contribution < 1.29 is 23.9 Å². The Bertz CT molecular complexity index is 1950. The van der Waals surface area contributed by atoms with Crippen molar-refractivity contribution in [1.29, 1.82) is 0 Å². The number of esters is 1. The van der Waals surface area contributed by atoms with Crippen LogP contribution in [0.2, 0.25) is 10.0 Å². The van der Waals surface area contributed by atoms with Crippen molar-refractivity contribution in [2.75, 3.05) is 4.90 Å². The first kappa shape index (κ1) is 28.2. The average Bonchev–Trinajstić information content (AvgIpc) is 3.82. The Hall–Kier alpha value is -4.33. The van der Waals surface area contributed by atoms with Gasteiger partial charge < -0.3 is 4.74 Å². The number of anilines is 1. The van der Waals surface area contributed by atoms with Gasteiger partial charge in [0.25, 0.3) is 0 Å². The summed E-state index contributed by atoms with van der Waals surface area (Å²) < 4.78 is 5.63. The maximum Gasteiger partial charge on any atom is 0.339 e. The first-order valence-electron chi connectivity index (χ1n) is 15.0. The lowest BCUT2D eigenvalue weighted by Crippen LogP contribution is -2.40. The number of amides is 2. The van der Waals surface area contributed by atoms with E-state index in [9.17, 15) is 19.2 Å². The molecule has 3 fully saturated rings. The van der Waals surface area contributed by atoms with Crippen molar-refractivity contribution in [3.63, 3.8) is 0 Å². The van der Waals surface area contributed by atoms with Gasteiger partial charge in [-0.3, -0.25) is 19.3 Å². The third kappa shape index (κ3) is 4.51. The molecule has 1 saturated heterocycles. The van der Waals surface area contributed by atoms with Crippen molar-refractivity contribution >= 4 is 63.4 Å². The fraction of sp³-hybridized carbons (Fsp3) is 0.250. The lowest BCUT2D eigenvalue weighted by atomic mass is 9.63. The number of rotatable bonds is 6. The van der Waals surface area contributed by atoms with Gasteiger partial charge in [0.1, 0.15) is 0 Å². The van der Waals surface area contributed by atoms with Crippen LogP contribution >= 0.6 is 23.2 Å². The number of hydrogen-bond donors (Lipinski definition) is 0. The number of Topliss-reactive ketones (excluding diaryl/α,β-unsaturated/α-hetero) is 1. The standard InChI is InChI=1S/C36H26Cl2N2O5/c1-17(33(41)19-3-2-4-20(37)13-19)45-36(44)28-16-30(39-29-12-7-21(38)14-27(28)29)18-5-8-22(9-6-18)40-34(42)31-23-10-11-24(26-15-25(23)26)32(31)35(40)43/h2-14,16-17,23-26,31-32H,15H2,1H3. The van der Waals surface area contributed by atoms with Crippen LogP contribution in [-0.4, -0.2) is 34.7 Å². The van der Waals surface area contributed by atoms with Crippen molar-refractivity contribution in [2.45, 2.75) is 19.4 Å². The molecule has 2 bridgehead atoms. The van der Waals surface area contributed by atoms with Gasteiger partial charge in [-0.2, -0.15) is 0 Å². The fourth-order valence-electron chi connectivity index (χ4n) is 7.66. The number of benzene rings is 3. The Labute approximate surface area is 268 Å². The molecule has 5 aliphatic rings. The number of allylic oxidation sites excluding steroid dienone is 2. The van der Waals surface area contributed by atoms with E-state index < -0.39 is 12.1 Å². The highest BCUT2D eigenvalue weighted by Gasteiger charge is 2.67. The zero-order valence-corrected chi connectivity index (χ0v) is 25.5. The zero-order valence-electron chi connectivity index (χ0n) is 24.0. The van der Waals surface area contributed by atoms with E-state index in [-0.39, 0.29) is 46.8 Å². The van der Waals surface area contributed by atoms with Gasteiger partial charge >= 0.3 is 5.97 Å². The molecule has 7 atom stereocenters. The van der Waals surface area contributed by atoms with Crippen LogP contribution in [0, 0.1) is 35.5 Å². The average molecular weight is 638 g/mol. The third-order valence-corrected chi connectivity index (χ3v) is 10.3. The molecule has 2 amide bonds. The number of ether oxygens (including phenoxy) is 1. The highest BCUT2D eigenvalue weighted by molar-refractivity contribution is 6.31. The number of ketones is 1. The zero-order chi connectivity index (χ0) is 31.1. The Morgan fingerprint density at radius 2 is 1.53 bits per heavy atom. The van der Waals surface area contributed by atoms with Crippen LogP contribution in [0.5, 0.6) is 0 Å². The predicted octanol–water partition coefficient (Wildman–Crippen LogP) is 7.19. The summed E-state index contributed by atoms with van der Waals surface area (Å²) >= 11 is 12.3. The molecule has 3 aromatic carbocycles. The van der Waals surface area contributed by atoms with Gasteiger partial charge in [-0.1, -0.05) is 59.6 Å². The van der Waals surface area contributed by atoms with Gasteiger partial charge in [0.15, 0.2) is 6.10 Å². The fourth-order valence-corrected chi connectivity index (χ4v) is 8.02. The van der Waals surface area contributed by atoms with Gasteiger partial charge in [-0.25, -0.2) is 9.78 Å². The minimum Gasteiger partial charge on any atom is -0.451 e. The molecule has 7 nitrogen and oxygen atoms in total. The maximum atomic E-state index is 13.6. The van der Waals surface area contributed by atoms with Gasteiger partial charge in [-0.05, 0) is 85.5 Å². The molecule has 0 spiro atoms. The topological polar surface area (TPSA) is 93.6 Å². The van der Waals surface area contributed by atoms with E-state index in [2.05, 4.69) is 12.2 Å². The molecule has 0 radical (unpaired) electrons. The van der Waals surface area contributed by atoms with Crippen LogP contribution in [-0.2, 0) is 14.3 Å². The summed E-state index contributed by atoms with van der Waals surface area (Å²) in [4.78, 5) is 59.7. The second kappa shape index (κ2) is 10.4. The van der Waals surface area contributed by atoms with Crippen LogP contribution in [0.15, 0.2) is 84.9 Å². The molecular formula is C36H26Cl2N2O5. The summed E-state index contributed by atoms with van der Waals surface area (Å²) in [6.45, 7) is 1.51. The summed E-state index contributed by atoms with van der Waals surface area (Å²) in [5.74, 6) is -0.485. The number of carbonyl (C=O) groups is 4. The summed E-state index contributed by atoms with van der Waals surface area (Å²) in [6.07, 6.45) is 4.36. The predicted molar refractivity (Wildman–Crippen MR) is 170 cm³/mol. The van der Waals surface area contributed by atoms with E-state index in [1.165, 1.54) is 17.9 Å². The van der Waals surface area contributed by atoms with E-state index in [0.717, 1.165) is 6.42 Å². The number of hydrogen-bond acceptors (Lipinski definition) is 6. The monoisotopic (exact) mass is 636 g/mol. The molecule has 224 valence electrons. The molecule has 9 heteroatoms. The molecule has 2 heterocycles. The van der Waals surface area contributed by atoms with Crippen LogP contribution in [0.3, 0.4) is 0 Å². The molecule has 45 heavy (non-hydrogen) atoms. The molecule has 9 rings (SSSR count). The minimum absolute atomic E-state index is 0.116. The molecule has 1 aromatic heterocycles. The quantitative estimate of drug-likeness (QED) is 0.0962. The van der Waals surface area contributed by atoms with E-state index >= 15 is 0 Å². The Kier molecular flexibility index (Phi) is 6.48. The largest absolute Gasteiger partial charge is 0.451 e. The Morgan fingerprint density at radius 3 is 2.20 bits per heavy atom. The van der Waals surface area contributed by atoms with Gasteiger partial charge in [0.2, 0.25) is 17.6 Å². The second-order valence-corrected chi connectivity index (χ2v) is 13.2. The molecular weight excluding hydrogens is 611 g/mol. The number of pyridine rings is 1.